The summed E-state index contributed by atoms with van der Waals surface area (Å²) in [7, 11) is 0. The van der Waals surface area contributed by atoms with Gasteiger partial charge in [0.1, 0.15) is 5.82 Å². The van der Waals surface area contributed by atoms with Crippen LogP contribution in [0.1, 0.15) is 34.6 Å². The van der Waals surface area contributed by atoms with E-state index in [4.69, 9.17) is 0 Å². The van der Waals surface area contributed by atoms with Gasteiger partial charge in [-0.25, -0.2) is 4.98 Å². The highest BCUT2D eigenvalue weighted by molar-refractivity contribution is 5.93. The topological polar surface area (TPSA) is 45.2 Å². The lowest BCUT2D eigenvalue weighted by molar-refractivity contribution is -0.123. The van der Waals surface area contributed by atoms with Gasteiger partial charge in [0.2, 0.25) is 5.91 Å². The Labute approximate surface area is 109 Å². The maximum atomic E-state index is 11.8. The van der Waals surface area contributed by atoms with Gasteiger partial charge in [0.25, 0.3) is 0 Å². The summed E-state index contributed by atoms with van der Waals surface area (Å²) in [6.07, 6.45) is 1.80. The Bertz CT molecular complexity index is 388. The number of nitrogens with zero attached hydrogens (tertiary/aromatic N) is 2. The maximum absolute atomic E-state index is 11.8. The summed E-state index contributed by atoms with van der Waals surface area (Å²) in [4.78, 5) is 18.3. The number of rotatable bonds is 4. The zero-order chi connectivity index (χ0) is 13.8. The van der Waals surface area contributed by atoms with E-state index >= 15 is 0 Å². The Morgan fingerprint density at radius 3 is 2.28 bits per heavy atom. The van der Waals surface area contributed by atoms with Gasteiger partial charge in [-0.3, -0.25) is 4.79 Å². The minimum absolute atomic E-state index is 0.0226. The number of hydrogen-bond donors (Lipinski definition) is 1. The molecule has 0 aliphatic carbocycles. The van der Waals surface area contributed by atoms with Crippen LogP contribution < -0.4 is 10.2 Å². The molecule has 0 spiro atoms. The molecule has 1 rings (SSSR count). The third kappa shape index (κ3) is 3.72. The van der Waals surface area contributed by atoms with Gasteiger partial charge in [-0.2, -0.15) is 0 Å². The molecule has 0 unspecified atom stereocenters. The van der Waals surface area contributed by atoms with E-state index in [9.17, 15) is 4.79 Å². The van der Waals surface area contributed by atoms with Crippen LogP contribution in [-0.4, -0.2) is 24.0 Å². The molecule has 0 aliphatic heterocycles. The third-order valence-corrected chi connectivity index (χ3v) is 2.80. The van der Waals surface area contributed by atoms with Gasteiger partial charge in [0, 0.05) is 18.5 Å². The molecule has 4 heteroatoms. The van der Waals surface area contributed by atoms with Crippen molar-refractivity contribution < 1.29 is 4.79 Å². The molecule has 0 bridgehead atoms. The lowest BCUT2D eigenvalue weighted by Crippen LogP contribution is -2.28. The zero-order valence-electron chi connectivity index (χ0n) is 11.9. The van der Waals surface area contributed by atoms with E-state index in [0.29, 0.717) is 5.82 Å². The molecule has 0 aromatic carbocycles. The van der Waals surface area contributed by atoms with Crippen molar-refractivity contribution in [3.8, 4) is 0 Å². The van der Waals surface area contributed by atoms with E-state index in [1.807, 2.05) is 32.9 Å². The molecular weight excluding hydrogens is 226 g/mol. The van der Waals surface area contributed by atoms with Crippen LogP contribution in [0.25, 0.3) is 0 Å². The van der Waals surface area contributed by atoms with Crippen LogP contribution in [0, 0.1) is 5.41 Å². The third-order valence-electron chi connectivity index (χ3n) is 2.80. The van der Waals surface area contributed by atoms with Crippen molar-refractivity contribution >= 4 is 17.4 Å². The molecule has 18 heavy (non-hydrogen) atoms. The van der Waals surface area contributed by atoms with Crippen LogP contribution in [-0.2, 0) is 4.79 Å². The molecule has 0 aliphatic rings. The van der Waals surface area contributed by atoms with Crippen molar-refractivity contribution in [3.05, 3.63) is 18.3 Å². The van der Waals surface area contributed by atoms with Gasteiger partial charge in [-0.1, -0.05) is 20.8 Å². The Kier molecular flexibility index (Phi) is 4.70. The van der Waals surface area contributed by atoms with Crippen LogP contribution in [0.5, 0.6) is 0 Å². The fourth-order valence-electron chi connectivity index (χ4n) is 1.54. The number of aromatic nitrogens is 1. The SMILES string of the molecule is CCN(CC)c1ccc(NC(=O)C(C)(C)C)nc1. The highest BCUT2D eigenvalue weighted by atomic mass is 16.2. The summed E-state index contributed by atoms with van der Waals surface area (Å²) in [5, 5.41) is 2.82. The van der Waals surface area contributed by atoms with E-state index in [2.05, 4.69) is 29.0 Å². The first-order valence-electron chi connectivity index (χ1n) is 6.41. The predicted octanol–water partition coefficient (Wildman–Crippen LogP) is 2.91. The van der Waals surface area contributed by atoms with Crippen molar-refractivity contribution in [2.24, 2.45) is 5.41 Å². The molecule has 1 aromatic heterocycles. The number of hydrogen-bond acceptors (Lipinski definition) is 3. The van der Waals surface area contributed by atoms with Crippen molar-refractivity contribution in [1.82, 2.24) is 4.98 Å². The van der Waals surface area contributed by atoms with Crippen molar-refractivity contribution in [2.45, 2.75) is 34.6 Å². The lowest BCUT2D eigenvalue weighted by atomic mass is 9.96. The monoisotopic (exact) mass is 249 g/mol. The molecule has 1 amide bonds. The van der Waals surface area contributed by atoms with E-state index in [1.165, 1.54) is 0 Å². The standard InChI is InChI=1S/C14H23N3O/c1-6-17(7-2)11-8-9-12(15-10-11)16-13(18)14(3,4)5/h8-10H,6-7H2,1-5H3,(H,15,16,18). The Balaban J connectivity index is 2.75. The number of nitrogens with one attached hydrogen (secondary N) is 1. The summed E-state index contributed by atoms with van der Waals surface area (Å²) in [6, 6.07) is 3.83. The number of amides is 1. The second kappa shape index (κ2) is 5.85. The number of carbonyl (C=O) groups excluding carboxylic acids is 1. The van der Waals surface area contributed by atoms with Crippen LogP contribution in [0.2, 0.25) is 0 Å². The van der Waals surface area contributed by atoms with Gasteiger partial charge in [-0.05, 0) is 26.0 Å². The Morgan fingerprint density at radius 2 is 1.89 bits per heavy atom. The van der Waals surface area contributed by atoms with E-state index in [-0.39, 0.29) is 5.91 Å². The molecule has 0 saturated carbocycles. The Hall–Kier alpha value is -1.58. The molecule has 1 heterocycles. The molecule has 1 aromatic rings. The number of carbonyl (C=O) groups is 1. The summed E-state index contributed by atoms with van der Waals surface area (Å²) in [5.74, 6) is 0.580. The molecule has 0 saturated heterocycles. The van der Waals surface area contributed by atoms with Gasteiger partial charge in [-0.15, -0.1) is 0 Å². The molecule has 0 radical (unpaired) electrons. The van der Waals surface area contributed by atoms with Crippen LogP contribution in [0.4, 0.5) is 11.5 Å². The molecular formula is C14H23N3O. The van der Waals surface area contributed by atoms with E-state index < -0.39 is 5.41 Å². The highest BCUT2D eigenvalue weighted by Crippen LogP contribution is 2.18. The van der Waals surface area contributed by atoms with Crippen LogP contribution in [0.3, 0.4) is 0 Å². The second-order valence-corrected chi connectivity index (χ2v) is 5.28. The first-order valence-corrected chi connectivity index (χ1v) is 6.41. The van der Waals surface area contributed by atoms with Gasteiger partial charge < -0.3 is 10.2 Å². The van der Waals surface area contributed by atoms with Gasteiger partial charge in [0.15, 0.2) is 0 Å². The minimum Gasteiger partial charge on any atom is -0.371 e. The summed E-state index contributed by atoms with van der Waals surface area (Å²) in [5.41, 5.74) is 0.674. The smallest absolute Gasteiger partial charge is 0.230 e. The summed E-state index contributed by atoms with van der Waals surface area (Å²) < 4.78 is 0. The van der Waals surface area contributed by atoms with Crippen LogP contribution in [0.15, 0.2) is 18.3 Å². The zero-order valence-corrected chi connectivity index (χ0v) is 11.9. The maximum Gasteiger partial charge on any atom is 0.230 e. The fourth-order valence-corrected chi connectivity index (χ4v) is 1.54. The lowest BCUT2D eigenvalue weighted by Gasteiger charge is -2.21. The average Bonchev–Trinajstić information content (AvgIpc) is 2.31. The summed E-state index contributed by atoms with van der Waals surface area (Å²) in [6.45, 7) is 11.8. The Morgan fingerprint density at radius 1 is 1.28 bits per heavy atom. The number of pyridine rings is 1. The van der Waals surface area contributed by atoms with Gasteiger partial charge >= 0.3 is 0 Å². The first-order chi connectivity index (χ1) is 8.38. The summed E-state index contributed by atoms with van der Waals surface area (Å²) >= 11 is 0. The van der Waals surface area contributed by atoms with Crippen molar-refractivity contribution in [2.75, 3.05) is 23.3 Å². The molecule has 0 fully saturated rings. The van der Waals surface area contributed by atoms with Crippen molar-refractivity contribution in [1.29, 1.82) is 0 Å². The average molecular weight is 249 g/mol. The fraction of sp³-hybridized carbons (Fsp3) is 0.571. The minimum atomic E-state index is -0.404. The quantitative estimate of drug-likeness (QED) is 0.892. The van der Waals surface area contributed by atoms with E-state index in [1.54, 1.807) is 6.20 Å². The second-order valence-electron chi connectivity index (χ2n) is 5.28. The molecule has 0 atom stereocenters. The first kappa shape index (κ1) is 14.5. The normalized spacial score (nSPS) is 11.2. The van der Waals surface area contributed by atoms with Gasteiger partial charge in [0.05, 0.1) is 11.9 Å². The molecule has 4 nitrogen and oxygen atoms in total. The van der Waals surface area contributed by atoms with Crippen molar-refractivity contribution in [3.63, 3.8) is 0 Å². The molecule has 100 valence electrons. The largest absolute Gasteiger partial charge is 0.371 e. The highest BCUT2D eigenvalue weighted by Gasteiger charge is 2.21. The molecule has 1 N–H and O–H groups in total. The van der Waals surface area contributed by atoms with Crippen LogP contribution >= 0.6 is 0 Å². The number of anilines is 2. The predicted molar refractivity (Wildman–Crippen MR) is 75.9 cm³/mol. The van der Waals surface area contributed by atoms with E-state index in [0.717, 1.165) is 18.8 Å².